The number of carbonyl (C=O) groups excluding carboxylic acids is 4. The maximum Gasteiger partial charge on any atom is 0.241 e. The molecule has 2 aliphatic heterocycles. The molecule has 0 bridgehead atoms. The van der Waals surface area contributed by atoms with Crippen LogP contribution >= 0.6 is 0 Å². The van der Waals surface area contributed by atoms with E-state index >= 15 is 0 Å². The van der Waals surface area contributed by atoms with Crippen LogP contribution in [0.25, 0.3) is 0 Å². The van der Waals surface area contributed by atoms with Crippen molar-refractivity contribution in [1.29, 1.82) is 0 Å². The summed E-state index contributed by atoms with van der Waals surface area (Å²) in [4.78, 5) is 59.4. The topological polar surface area (TPSA) is 81.2 Å². The van der Waals surface area contributed by atoms with Crippen molar-refractivity contribution < 1.29 is 19.2 Å². The second kappa shape index (κ2) is 10.6. The number of rotatable bonds is 7. The van der Waals surface area contributed by atoms with E-state index in [1.54, 1.807) is 23.9 Å². The van der Waals surface area contributed by atoms with Crippen molar-refractivity contribution in [2.45, 2.75) is 31.7 Å². The molecule has 190 valence electrons. The van der Waals surface area contributed by atoms with Gasteiger partial charge in [0.2, 0.25) is 23.6 Å². The molecule has 0 spiro atoms. The van der Waals surface area contributed by atoms with E-state index in [2.05, 4.69) is 0 Å². The Morgan fingerprint density at radius 1 is 0.917 bits per heavy atom. The van der Waals surface area contributed by atoms with Crippen LogP contribution in [0.1, 0.15) is 29.5 Å². The van der Waals surface area contributed by atoms with Crippen LogP contribution in [0.2, 0.25) is 0 Å². The fourth-order valence-electron chi connectivity index (χ4n) is 5.14. The Bertz CT molecular complexity index is 1140. The van der Waals surface area contributed by atoms with Gasteiger partial charge in [0.1, 0.15) is 0 Å². The van der Waals surface area contributed by atoms with E-state index < -0.39 is 5.41 Å². The summed E-state index contributed by atoms with van der Waals surface area (Å²) in [7, 11) is 3.46. The molecule has 0 aromatic heterocycles. The number of benzene rings is 2. The number of hydrogen-bond acceptors (Lipinski definition) is 5. The Labute approximate surface area is 212 Å². The Hall–Kier alpha value is -3.52. The Morgan fingerprint density at radius 2 is 1.56 bits per heavy atom. The standard InChI is InChI=1S/C28H34N4O4/c1-21-9-7-8-12-23(21)28(18-25(34)32(27(28)36)19-22-10-5-4-6-11-22)17-24(33)31-15-13-30(14-16-31)20-26(35)29(2)3/h4-12H,13-20H2,1-3H3. The number of piperazine rings is 1. The highest BCUT2D eigenvalue weighted by molar-refractivity contribution is 6.10. The van der Waals surface area contributed by atoms with Crippen molar-refractivity contribution in [3.63, 3.8) is 0 Å². The number of imide groups is 1. The monoisotopic (exact) mass is 490 g/mol. The van der Waals surface area contributed by atoms with Crippen LogP contribution < -0.4 is 0 Å². The summed E-state index contributed by atoms with van der Waals surface area (Å²) in [6.07, 6.45) is -0.0725. The van der Waals surface area contributed by atoms with E-state index in [1.807, 2.05) is 66.4 Å². The summed E-state index contributed by atoms with van der Waals surface area (Å²) in [5.41, 5.74) is 1.28. The van der Waals surface area contributed by atoms with Gasteiger partial charge >= 0.3 is 0 Å². The van der Waals surface area contributed by atoms with Crippen molar-refractivity contribution in [2.75, 3.05) is 46.8 Å². The quantitative estimate of drug-likeness (QED) is 0.553. The molecular formula is C28H34N4O4. The number of likely N-dealkylation sites (N-methyl/N-ethyl adjacent to an activating group) is 1. The number of amides is 4. The van der Waals surface area contributed by atoms with Gasteiger partial charge in [-0.25, -0.2) is 0 Å². The highest BCUT2D eigenvalue weighted by Gasteiger charge is 2.54. The fourth-order valence-corrected chi connectivity index (χ4v) is 5.14. The first-order valence-corrected chi connectivity index (χ1v) is 12.4. The molecule has 2 aromatic carbocycles. The third-order valence-corrected chi connectivity index (χ3v) is 7.29. The van der Waals surface area contributed by atoms with Crippen molar-refractivity contribution in [3.05, 3.63) is 71.3 Å². The Kier molecular flexibility index (Phi) is 7.54. The van der Waals surface area contributed by atoms with Gasteiger partial charge in [-0.1, -0.05) is 54.6 Å². The van der Waals surface area contributed by atoms with Gasteiger partial charge in [0, 0.05) is 53.1 Å². The first-order chi connectivity index (χ1) is 17.2. The van der Waals surface area contributed by atoms with Gasteiger partial charge in [0.05, 0.1) is 18.5 Å². The largest absolute Gasteiger partial charge is 0.348 e. The van der Waals surface area contributed by atoms with Crippen LogP contribution in [0.5, 0.6) is 0 Å². The molecule has 0 radical (unpaired) electrons. The molecule has 2 aliphatic rings. The zero-order chi connectivity index (χ0) is 25.9. The molecule has 4 rings (SSSR count). The second-order valence-electron chi connectivity index (χ2n) is 9.97. The van der Waals surface area contributed by atoms with Crippen LogP contribution in [0.15, 0.2) is 54.6 Å². The molecule has 1 unspecified atom stereocenters. The second-order valence-corrected chi connectivity index (χ2v) is 9.97. The summed E-state index contributed by atoms with van der Waals surface area (Å²) < 4.78 is 0. The van der Waals surface area contributed by atoms with Gasteiger partial charge < -0.3 is 9.80 Å². The molecule has 0 N–H and O–H groups in total. The molecule has 36 heavy (non-hydrogen) atoms. The van der Waals surface area contributed by atoms with Gasteiger partial charge in [-0.15, -0.1) is 0 Å². The van der Waals surface area contributed by atoms with Gasteiger partial charge in [-0.2, -0.15) is 0 Å². The van der Waals surface area contributed by atoms with Crippen LogP contribution in [-0.4, -0.2) is 90.0 Å². The molecular weight excluding hydrogens is 456 g/mol. The zero-order valence-electron chi connectivity index (χ0n) is 21.3. The zero-order valence-corrected chi connectivity index (χ0v) is 21.3. The predicted molar refractivity (Wildman–Crippen MR) is 136 cm³/mol. The van der Waals surface area contributed by atoms with E-state index in [0.29, 0.717) is 32.7 Å². The molecule has 0 aliphatic carbocycles. The minimum absolute atomic E-state index is 0.0213. The van der Waals surface area contributed by atoms with Crippen LogP contribution in [-0.2, 0) is 31.1 Å². The number of carbonyl (C=O) groups is 4. The lowest BCUT2D eigenvalue weighted by Gasteiger charge is -2.37. The summed E-state index contributed by atoms with van der Waals surface area (Å²) in [6.45, 7) is 4.59. The number of likely N-dealkylation sites (tertiary alicyclic amines) is 1. The minimum Gasteiger partial charge on any atom is -0.348 e. The highest BCUT2D eigenvalue weighted by Crippen LogP contribution is 2.42. The van der Waals surface area contributed by atoms with Gasteiger partial charge in [-0.3, -0.25) is 29.0 Å². The van der Waals surface area contributed by atoms with Crippen molar-refractivity contribution >= 4 is 23.6 Å². The molecule has 2 fully saturated rings. The summed E-state index contributed by atoms with van der Waals surface area (Å²) in [5, 5.41) is 0. The third-order valence-electron chi connectivity index (χ3n) is 7.29. The number of aryl methyl sites for hydroxylation is 1. The first-order valence-electron chi connectivity index (χ1n) is 12.4. The van der Waals surface area contributed by atoms with E-state index in [1.165, 1.54) is 4.90 Å². The Morgan fingerprint density at radius 3 is 2.19 bits per heavy atom. The van der Waals surface area contributed by atoms with Crippen LogP contribution in [0.4, 0.5) is 0 Å². The summed E-state index contributed by atoms with van der Waals surface area (Å²) >= 11 is 0. The molecule has 2 aromatic rings. The van der Waals surface area contributed by atoms with E-state index in [9.17, 15) is 19.2 Å². The van der Waals surface area contributed by atoms with Gasteiger partial charge in [0.15, 0.2) is 0 Å². The highest BCUT2D eigenvalue weighted by atomic mass is 16.2. The molecule has 8 nitrogen and oxygen atoms in total. The maximum atomic E-state index is 13.9. The summed E-state index contributed by atoms with van der Waals surface area (Å²) in [5.74, 6) is -0.678. The summed E-state index contributed by atoms with van der Waals surface area (Å²) in [6, 6.07) is 17.0. The average molecular weight is 491 g/mol. The maximum absolute atomic E-state index is 13.9. The number of nitrogens with zero attached hydrogens (tertiary/aromatic N) is 4. The molecule has 2 heterocycles. The minimum atomic E-state index is -1.22. The SMILES string of the molecule is Cc1ccccc1C1(CC(=O)N2CCN(CC(=O)N(C)C)CC2)CC(=O)N(Cc2ccccc2)C1=O. The van der Waals surface area contributed by atoms with E-state index in [4.69, 9.17) is 0 Å². The lowest BCUT2D eigenvalue weighted by molar-refractivity contribution is -0.144. The Balaban J connectivity index is 1.54. The van der Waals surface area contributed by atoms with Crippen LogP contribution in [0.3, 0.4) is 0 Å². The lowest BCUT2D eigenvalue weighted by Crippen LogP contribution is -2.52. The molecule has 4 amide bonds. The number of hydrogen-bond donors (Lipinski definition) is 0. The van der Waals surface area contributed by atoms with E-state index in [0.717, 1.165) is 16.7 Å². The smallest absolute Gasteiger partial charge is 0.241 e. The van der Waals surface area contributed by atoms with Crippen molar-refractivity contribution in [1.82, 2.24) is 19.6 Å². The van der Waals surface area contributed by atoms with Gasteiger partial charge in [-0.05, 0) is 23.6 Å². The normalized spacial score (nSPS) is 20.6. The molecule has 8 heteroatoms. The lowest BCUT2D eigenvalue weighted by atomic mass is 9.74. The van der Waals surface area contributed by atoms with Crippen molar-refractivity contribution in [3.8, 4) is 0 Å². The first kappa shape index (κ1) is 25.6. The molecule has 2 saturated heterocycles. The molecule has 0 saturated carbocycles. The predicted octanol–water partition coefficient (Wildman–Crippen LogP) is 1.81. The molecule has 1 atom stereocenters. The van der Waals surface area contributed by atoms with E-state index in [-0.39, 0.29) is 43.0 Å². The average Bonchev–Trinajstić information content (AvgIpc) is 3.10. The van der Waals surface area contributed by atoms with Gasteiger partial charge in [0.25, 0.3) is 0 Å². The van der Waals surface area contributed by atoms with Crippen LogP contribution in [0, 0.1) is 6.92 Å². The fraction of sp³-hybridized carbons (Fsp3) is 0.429. The van der Waals surface area contributed by atoms with Crippen molar-refractivity contribution in [2.24, 2.45) is 0 Å². The third kappa shape index (κ3) is 5.18.